The molecule has 2 aromatic heterocycles. The summed E-state index contributed by atoms with van der Waals surface area (Å²) < 4.78 is 36.3. The Morgan fingerprint density at radius 1 is 0.727 bits per heavy atom. The van der Waals surface area contributed by atoms with Gasteiger partial charge in [0.2, 0.25) is 11.8 Å². The van der Waals surface area contributed by atoms with Gasteiger partial charge in [-0.2, -0.15) is 0 Å². The molecule has 2 unspecified atom stereocenters. The molecule has 55 heavy (non-hydrogen) atoms. The van der Waals surface area contributed by atoms with Crippen molar-refractivity contribution in [2.24, 2.45) is 0 Å². The summed E-state index contributed by atoms with van der Waals surface area (Å²) >= 11 is 7.89. The number of hydrogen-bond donors (Lipinski definition) is 1. The van der Waals surface area contributed by atoms with E-state index < -0.39 is 5.24 Å². The number of carbonyl (C=O) groups excluding carboxylic acids is 4. The van der Waals surface area contributed by atoms with Crippen LogP contribution >= 0.6 is 35.1 Å². The third-order valence-electron chi connectivity index (χ3n) is 8.02. The number of nitrogens with zero attached hydrogens (tertiary/aromatic N) is 7. The van der Waals surface area contributed by atoms with Gasteiger partial charge in [0.1, 0.15) is 23.0 Å². The van der Waals surface area contributed by atoms with Crippen LogP contribution in [0.25, 0.3) is 0 Å². The van der Waals surface area contributed by atoms with E-state index in [-0.39, 0.29) is 78.9 Å². The summed E-state index contributed by atoms with van der Waals surface area (Å²) in [7, 11) is 3.16. The maximum atomic E-state index is 13.1. The van der Waals surface area contributed by atoms with Crippen LogP contribution in [0.15, 0.2) is 83.4 Å². The first-order valence-corrected chi connectivity index (χ1v) is 19.4. The number of nitrogens with one attached hydrogen (secondary N) is 1. The van der Waals surface area contributed by atoms with Crippen LogP contribution in [-0.4, -0.2) is 123 Å². The Labute approximate surface area is 330 Å². The van der Waals surface area contributed by atoms with E-state index >= 15 is 0 Å². The minimum absolute atomic E-state index is 0.0313. The molecule has 1 N–H and O–H groups in total. The molecule has 0 saturated carbocycles. The normalized spacial score (nSPS) is 16.2. The van der Waals surface area contributed by atoms with Crippen LogP contribution in [-0.2, 0) is 31.9 Å². The van der Waals surface area contributed by atoms with E-state index in [1.807, 2.05) is 12.5 Å². The largest absolute Gasteiger partial charge is 0.378 e. The lowest BCUT2D eigenvalue weighted by molar-refractivity contribution is -0.140. The molecule has 4 aromatic rings. The second kappa shape index (κ2) is 21.5. The van der Waals surface area contributed by atoms with Crippen molar-refractivity contribution in [1.29, 1.82) is 0 Å². The van der Waals surface area contributed by atoms with E-state index in [9.17, 15) is 28.0 Å². The SMILES string of the molecule is COC1CN(C(=O)Cc2ccc(F)cc2)N(C(=O)c2ccnc(SC)n2)C1.COC1CNN(C(=O)Cc2ccc(F)cc2)C1.CSc1nccc(C(=O)Cl)n1. The van der Waals surface area contributed by atoms with Crippen molar-refractivity contribution in [3.05, 3.63) is 107 Å². The number of thioether (sulfide) groups is 2. The van der Waals surface area contributed by atoms with Gasteiger partial charge in [-0.15, -0.1) is 0 Å². The van der Waals surface area contributed by atoms with Crippen LogP contribution in [0.5, 0.6) is 0 Å². The summed E-state index contributed by atoms with van der Waals surface area (Å²) in [5, 5.41) is 4.76. The summed E-state index contributed by atoms with van der Waals surface area (Å²) in [6.45, 7) is 1.72. The smallest absolute Gasteiger partial charge is 0.291 e. The van der Waals surface area contributed by atoms with Crippen LogP contribution in [0.4, 0.5) is 8.78 Å². The summed E-state index contributed by atoms with van der Waals surface area (Å²) in [6.07, 6.45) is 6.76. The van der Waals surface area contributed by atoms with Crippen molar-refractivity contribution in [3.63, 3.8) is 0 Å². The average Bonchev–Trinajstić information content (AvgIpc) is 3.88. The number of hydrazine groups is 2. The van der Waals surface area contributed by atoms with Crippen molar-refractivity contribution < 1.29 is 37.4 Å². The number of rotatable bonds is 10. The molecule has 2 aliphatic rings. The van der Waals surface area contributed by atoms with Gasteiger partial charge >= 0.3 is 0 Å². The van der Waals surface area contributed by atoms with Gasteiger partial charge in [0, 0.05) is 33.2 Å². The lowest BCUT2D eigenvalue weighted by Crippen LogP contribution is -2.45. The monoisotopic (exact) mass is 816 g/mol. The van der Waals surface area contributed by atoms with Gasteiger partial charge in [-0.3, -0.25) is 24.2 Å². The highest BCUT2D eigenvalue weighted by Crippen LogP contribution is 2.19. The predicted molar refractivity (Wildman–Crippen MR) is 202 cm³/mol. The highest BCUT2D eigenvalue weighted by molar-refractivity contribution is 7.98. The van der Waals surface area contributed by atoms with Crippen molar-refractivity contribution in [2.75, 3.05) is 52.9 Å². The third kappa shape index (κ3) is 13.0. The minimum atomic E-state index is -0.553. The Kier molecular flexibility index (Phi) is 16.9. The number of hydrogen-bond acceptors (Lipinski definition) is 13. The first-order chi connectivity index (χ1) is 26.4. The van der Waals surface area contributed by atoms with Crippen LogP contribution in [0.2, 0.25) is 0 Å². The Balaban J connectivity index is 0.000000204. The number of halogens is 3. The summed E-state index contributed by atoms with van der Waals surface area (Å²) in [5.41, 5.74) is 4.90. The van der Waals surface area contributed by atoms with Crippen molar-refractivity contribution in [2.45, 2.75) is 35.4 Å². The highest BCUT2D eigenvalue weighted by atomic mass is 35.5. The lowest BCUT2D eigenvalue weighted by atomic mass is 10.1. The van der Waals surface area contributed by atoms with E-state index in [0.29, 0.717) is 29.0 Å². The fourth-order valence-electron chi connectivity index (χ4n) is 5.09. The fraction of sp³-hybridized carbons (Fsp3) is 0.333. The number of amides is 3. The van der Waals surface area contributed by atoms with Gasteiger partial charge in [0.05, 0.1) is 44.7 Å². The molecule has 2 aromatic carbocycles. The molecule has 2 atom stereocenters. The molecule has 2 saturated heterocycles. The molecule has 0 spiro atoms. The van der Waals surface area contributed by atoms with Gasteiger partial charge in [-0.05, 0) is 71.6 Å². The lowest BCUT2D eigenvalue weighted by Gasteiger charge is -2.27. The van der Waals surface area contributed by atoms with E-state index in [4.69, 9.17) is 21.1 Å². The van der Waals surface area contributed by atoms with Crippen LogP contribution in [0.3, 0.4) is 0 Å². The molecule has 4 heterocycles. The molecule has 0 bridgehead atoms. The summed E-state index contributed by atoms with van der Waals surface area (Å²) in [6, 6.07) is 14.7. The van der Waals surface area contributed by atoms with Crippen molar-refractivity contribution in [3.8, 4) is 0 Å². The number of aromatic nitrogens is 4. The molecule has 14 nitrogen and oxygen atoms in total. The maximum Gasteiger partial charge on any atom is 0.291 e. The first-order valence-electron chi connectivity index (χ1n) is 16.6. The average molecular weight is 817 g/mol. The van der Waals surface area contributed by atoms with Gasteiger partial charge in [0.15, 0.2) is 10.3 Å². The highest BCUT2D eigenvalue weighted by Gasteiger charge is 2.37. The van der Waals surface area contributed by atoms with Gasteiger partial charge < -0.3 is 9.47 Å². The van der Waals surface area contributed by atoms with Gasteiger partial charge in [-0.1, -0.05) is 47.8 Å². The van der Waals surface area contributed by atoms with E-state index in [1.54, 1.807) is 36.4 Å². The second-order valence-electron chi connectivity index (χ2n) is 11.7. The van der Waals surface area contributed by atoms with Crippen molar-refractivity contribution >= 4 is 58.1 Å². The predicted octanol–water partition coefficient (Wildman–Crippen LogP) is 4.10. The second-order valence-corrected chi connectivity index (χ2v) is 13.6. The minimum Gasteiger partial charge on any atom is -0.378 e. The Morgan fingerprint density at radius 2 is 1.22 bits per heavy atom. The van der Waals surface area contributed by atoms with Crippen molar-refractivity contribution in [1.82, 2.24) is 40.4 Å². The van der Waals surface area contributed by atoms with Crippen LogP contribution in [0.1, 0.15) is 32.1 Å². The third-order valence-corrected chi connectivity index (χ3v) is 9.34. The van der Waals surface area contributed by atoms with E-state index in [2.05, 4.69) is 25.4 Å². The number of methoxy groups -OCH3 is 2. The van der Waals surface area contributed by atoms with E-state index in [1.165, 1.54) is 89.4 Å². The molecule has 2 aliphatic heterocycles. The topological polar surface area (TPSA) is 160 Å². The Morgan fingerprint density at radius 3 is 1.71 bits per heavy atom. The van der Waals surface area contributed by atoms with Gasteiger partial charge in [-0.25, -0.2) is 44.2 Å². The number of carbonyl (C=O) groups is 4. The zero-order chi connectivity index (χ0) is 39.9. The standard InChI is InChI=1S/C18H19FN4O3S.C12H15FN2O2.C6H5ClN2OS/c1-26-14-10-22(16(24)9-12-3-5-13(19)6-4-12)23(11-14)17(25)15-7-8-20-18(21-15)27-2;1-17-11-7-14-15(8-11)12(16)6-9-2-4-10(13)5-3-9;1-11-6-8-3-2-4(9-6)5(7)10/h3-8,14H,9-11H2,1-2H3;2-5,11,14H,6-8H2,1H3;2-3H,1H3. The number of benzene rings is 2. The quantitative estimate of drug-likeness (QED) is 0.139. The molecule has 0 radical (unpaired) electrons. The van der Waals surface area contributed by atoms with Gasteiger partial charge in [0.25, 0.3) is 11.1 Å². The first kappa shape index (κ1) is 43.1. The van der Waals surface area contributed by atoms with Crippen LogP contribution < -0.4 is 5.43 Å². The van der Waals surface area contributed by atoms with E-state index in [0.717, 1.165) is 5.56 Å². The fourth-order valence-corrected chi connectivity index (χ4v) is 5.91. The zero-order valence-corrected chi connectivity index (χ0v) is 32.7. The Bertz CT molecular complexity index is 1920. The zero-order valence-electron chi connectivity index (χ0n) is 30.4. The summed E-state index contributed by atoms with van der Waals surface area (Å²) in [4.78, 5) is 64.2. The maximum absolute atomic E-state index is 13.1. The molecule has 3 amide bonds. The van der Waals surface area contributed by atoms with Crippen LogP contribution in [0, 0.1) is 11.6 Å². The molecular weight excluding hydrogens is 778 g/mol. The molecule has 2 fully saturated rings. The Hall–Kier alpha value is -4.59. The number of ether oxygens (including phenoxy) is 2. The summed E-state index contributed by atoms with van der Waals surface area (Å²) in [5.74, 6) is -1.35. The molecular formula is C36H39ClF2N8O6S2. The molecule has 292 valence electrons. The molecule has 6 rings (SSSR count). The molecule has 19 heteroatoms. The molecule has 0 aliphatic carbocycles.